The Morgan fingerprint density at radius 2 is 1.72 bits per heavy atom. The molecule has 6 nitrogen and oxygen atoms in total. The van der Waals surface area contributed by atoms with Gasteiger partial charge in [-0.15, -0.1) is 0 Å². The SMILES string of the molecule is O=C(C1CCC(=O)N(C2CC2)C1)N1CCC(CN2CCOCC2)CC1. The van der Waals surface area contributed by atoms with Crippen molar-refractivity contribution in [3.8, 4) is 0 Å². The van der Waals surface area contributed by atoms with E-state index in [1.54, 1.807) is 0 Å². The molecule has 1 atom stereocenters. The van der Waals surface area contributed by atoms with Crippen LogP contribution in [0.3, 0.4) is 0 Å². The molecule has 1 aliphatic carbocycles. The van der Waals surface area contributed by atoms with Crippen LogP contribution in [0.15, 0.2) is 0 Å². The Morgan fingerprint density at radius 1 is 1.00 bits per heavy atom. The van der Waals surface area contributed by atoms with Gasteiger partial charge in [0.05, 0.1) is 19.1 Å². The van der Waals surface area contributed by atoms with E-state index in [0.717, 1.165) is 78.0 Å². The zero-order valence-electron chi connectivity index (χ0n) is 15.2. The van der Waals surface area contributed by atoms with Crippen LogP contribution in [-0.2, 0) is 14.3 Å². The van der Waals surface area contributed by atoms with Gasteiger partial charge >= 0.3 is 0 Å². The highest BCUT2D eigenvalue weighted by Gasteiger charge is 2.40. The first kappa shape index (κ1) is 17.3. The summed E-state index contributed by atoms with van der Waals surface area (Å²) < 4.78 is 5.42. The normalized spacial score (nSPS) is 29.9. The monoisotopic (exact) mass is 349 g/mol. The number of rotatable bonds is 4. The molecule has 25 heavy (non-hydrogen) atoms. The number of morpholine rings is 1. The molecule has 0 radical (unpaired) electrons. The number of hydrogen-bond acceptors (Lipinski definition) is 4. The Bertz CT molecular complexity index is 494. The van der Waals surface area contributed by atoms with Crippen LogP contribution in [-0.4, -0.2) is 85.0 Å². The second kappa shape index (κ2) is 7.62. The van der Waals surface area contributed by atoms with Crippen LogP contribution in [0, 0.1) is 11.8 Å². The van der Waals surface area contributed by atoms with Gasteiger partial charge in [0.25, 0.3) is 0 Å². The number of likely N-dealkylation sites (tertiary alicyclic amines) is 2. The predicted octanol–water partition coefficient (Wildman–Crippen LogP) is 0.958. The van der Waals surface area contributed by atoms with Crippen molar-refractivity contribution in [3.63, 3.8) is 0 Å². The van der Waals surface area contributed by atoms with E-state index in [-0.39, 0.29) is 11.8 Å². The van der Waals surface area contributed by atoms with Crippen molar-refractivity contribution < 1.29 is 14.3 Å². The van der Waals surface area contributed by atoms with Gasteiger partial charge in [0, 0.05) is 51.7 Å². The maximum Gasteiger partial charge on any atom is 0.227 e. The zero-order chi connectivity index (χ0) is 17.2. The lowest BCUT2D eigenvalue weighted by Crippen LogP contribution is -2.50. The highest BCUT2D eigenvalue weighted by Crippen LogP contribution is 2.32. The van der Waals surface area contributed by atoms with E-state index in [2.05, 4.69) is 9.80 Å². The smallest absolute Gasteiger partial charge is 0.227 e. The lowest BCUT2D eigenvalue weighted by molar-refractivity contribution is -0.144. The van der Waals surface area contributed by atoms with Crippen molar-refractivity contribution in [2.45, 2.75) is 44.6 Å². The van der Waals surface area contributed by atoms with E-state index in [0.29, 0.717) is 30.8 Å². The summed E-state index contributed by atoms with van der Waals surface area (Å²) in [6, 6.07) is 0.433. The molecule has 3 heterocycles. The number of hydrogen-bond donors (Lipinski definition) is 0. The van der Waals surface area contributed by atoms with Gasteiger partial charge < -0.3 is 14.5 Å². The van der Waals surface area contributed by atoms with Crippen molar-refractivity contribution in [1.29, 1.82) is 0 Å². The molecule has 0 bridgehead atoms. The molecule has 6 heteroatoms. The summed E-state index contributed by atoms with van der Waals surface area (Å²) >= 11 is 0. The third-order valence-electron chi connectivity index (χ3n) is 6.33. The zero-order valence-corrected chi connectivity index (χ0v) is 15.2. The van der Waals surface area contributed by atoms with Crippen LogP contribution in [0.4, 0.5) is 0 Å². The molecule has 140 valence electrons. The summed E-state index contributed by atoms with van der Waals surface area (Å²) in [5, 5.41) is 0. The second-order valence-electron chi connectivity index (χ2n) is 8.19. The number of carbonyl (C=O) groups excluding carboxylic acids is 2. The number of ether oxygens (including phenoxy) is 1. The number of piperidine rings is 2. The Balaban J connectivity index is 1.24. The Morgan fingerprint density at radius 3 is 2.40 bits per heavy atom. The molecule has 0 aromatic carbocycles. The summed E-state index contributed by atoms with van der Waals surface area (Å²) in [6.07, 6.45) is 5.77. The van der Waals surface area contributed by atoms with Gasteiger partial charge in [0.2, 0.25) is 11.8 Å². The predicted molar refractivity (Wildman–Crippen MR) is 94.0 cm³/mol. The van der Waals surface area contributed by atoms with Crippen molar-refractivity contribution in [2.75, 3.05) is 52.5 Å². The molecule has 0 spiro atoms. The first-order valence-electron chi connectivity index (χ1n) is 10.1. The van der Waals surface area contributed by atoms with Gasteiger partial charge in [0.1, 0.15) is 0 Å². The van der Waals surface area contributed by atoms with Crippen LogP contribution in [0.25, 0.3) is 0 Å². The summed E-state index contributed by atoms with van der Waals surface area (Å²) in [6.45, 7) is 7.40. The van der Waals surface area contributed by atoms with E-state index in [9.17, 15) is 9.59 Å². The van der Waals surface area contributed by atoms with Gasteiger partial charge in [-0.3, -0.25) is 14.5 Å². The minimum absolute atomic E-state index is 0.0362. The molecule has 4 aliphatic rings. The van der Waals surface area contributed by atoms with E-state index >= 15 is 0 Å². The van der Waals surface area contributed by atoms with Gasteiger partial charge in [-0.25, -0.2) is 0 Å². The largest absolute Gasteiger partial charge is 0.379 e. The summed E-state index contributed by atoms with van der Waals surface area (Å²) in [5.74, 6) is 1.30. The van der Waals surface area contributed by atoms with Gasteiger partial charge in [-0.2, -0.15) is 0 Å². The third-order valence-corrected chi connectivity index (χ3v) is 6.33. The average Bonchev–Trinajstić information content (AvgIpc) is 3.48. The quantitative estimate of drug-likeness (QED) is 0.759. The molecule has 3 aliphatic heterocycles. The minimum atomic E-state index is 0.0362. The molecule has 4 rings (SSSR count). The molecule has 1 unspecified atom stereocenters. The molecule has 3 saturated heterocycles. The average molecular weight is 349 g/mol. The molecule has 0 N–H and O–H groups in total. The first-order chi connectivity index (χ1) is 12.2. The highest BCUT2D eigenvalue weighted by atomic mass is 16.5. The topological polar surface area (TPSA) is 53.1 Å². The minimum Gasteiger partial charge on any atom is -0.379 e. The third kappa shape index (κ3) is 4.17. The molecule has 1 saturated carbocycles. The maximum absolute atomic E-state index is 12.9. The maximum atomic E-state index is 12.9. The molecule has 0 aromatic rings. The molecule has 0 aromatic heterocycles. The van der Waals surface area contributed by atoms with Gasteiger partial charge in [-0.1, -0.05) is 0 Å². The molecule has 2 amide bonds. The van der Waals surface area contributed by atoms with Crippen LogP contribution in [0.1, 0.15) is 38.5 Å². The Hall–Kier alpha value is -1.14. The Labute approximate surface area is 150 Å². The number of amides is 2. The number of nitrogens with zero attached hydrogens (tertiary/aromatic N) is 3. The second-order valence-corrected chi connectivity index (χ2v) is 8.19. The number of carbonyl (C=O) groups is 2. The first-order valence-corrected chi connectivity index (χ1v) is 10.1. The van der Waals surface area contributed by atoms with E-state index < -0.39 is 0 Å². The van der Waals surface area contributed by atoms with Gasteiger partial charge in [0.15, 0.2) is 0 Å². The fraction of sp³-hybridized carbons (Fsp3) is 0.895. The Kier molecular flexibility index (Phi) is 5.27. The van der Waals surface area contributed by atoms with Crippen LogP contribution in [0.5, 0.6) is 0 Å². The highest BCUT2D eigenvalue weighted by molar-refractivity contribution is 5.84. The van der Waals surface area contributed by atoms with Crippen molar-refractivity contribution in [1.82, 2.24) is 14.7 Å². The van der Waals surface area contributed by atoms with Crippen molar-refractivity contribution in [3.05, 3.63) is 0 Å². The lowest BCUT2D eigenvalue weighted by Gasteiger charge is -2.39. The fourth-order valence-corrected chi connectivity index (χ4v) is 4.56. The lowest BCUT2D eigenvalue weighted by atomic mass is 9.92. The molecular weight excluding hydrogens is 318 g/mol. The summed E-state index contributed by atoms with van der Waals surface area (Å²) in [5.41, 5.74) is 0. The molecule has 4 fully saturated rings. The fourth-order valence-electron chi connectivity index (χ4n) is 4.56. The van der Waals surface area contributed by atoms with E-state index in [1.807, 2.05) is 4.90 Å². The van der Waals surface area contributed by atoms with Crippen molar-refractivity contribution >= 4 is 11.8 Å². The van der Waals surface area contributed by atoms with Crippen LogP contribution in [0.2, 0.25) is 0 Å². The molecular formula is C19H31N3O3. The van der Waals surface area contributed by atoms with Crippen LogP contribution >= 0.6 is 0 Å². The van der Waals surface area contributed by atoms with Crippen molar-refractivity contribution in [2.24, 2.45) is 11.8 Å². The summed E-state index contributed by atoms with van der Waals surface area (Å²) in [4.78, 5) is 31.5. The van der Waals surface area contributed by atoms with Crippen LogP contribution < -0.4 is 0 Å². The van der Waals surface area contributed by atoms with E-state index in [1.165, 1.54) is 0 Å². The summed E-state index contributed by atoms with van der Waals surface area (Å²) in [7, 11) is 0. The standard InChI is InChI=1S/C19H31N3O3/c23-18-4-1-16(14-22(18)17-2-3-17)19(24)21-7-5-15(6-8-21)13-20-9-11-25-12-10-20/h15-17H,1-14H2. The van der Waals surface area contributed by atoms with Gasteiger partial charge in [-0.05, 0) is 38.0 Å². The van der Waals surface area contributed by atoms with E-state index in [4.69, 9.17) is 4.74 Å².